The van der Waals surface area contributed by atoms with E-state index in [1.807, 2.05) is 0 Å². The van der Waals surface area contributed by atoms with Crippen molar-refractivity contribution in [2.75, 3.05) is 49.5 Å². The quantitative estimate of drug-likeness (QED) is 0.662. The molecule has 0 aromatic heterocycles. The van der Waals surface area contributed by atoms with E-state index in [9.17, 15) is 18.0 Å². The van der Waals surface area contributed by atoms with E-state index in [0.717, 1.165) is 31.9 Å². The van der Waals surface area contributed by atoms with Crippen LogP contribution in [0.4, 0.5) is 29.3 Å². The van der Waals surface area contributed by atoms with Crippen LogP contribution in [0.25, 0.3) is 0 Å². The predicted molar refractivity (Wildman–Crippen MR) is 118 cm³/mol. The first-order chi connectivity index (χ1) is 15.2. The molecule has 2 aromatic carbocycles. The summed E-state index contributed by atoms with van der Waals surface area (Å²) >= 11 is 11.9. The summed E-state index contributed by atoms with van der Waals surface area (Å²) in [5, 5.41) is 3.71. The lowest BCUT2D eigenvalue weighted by atomic mass is 10.1. The van der Waals surface area contributed by atoms with E-state index in [2.05, 4.69) is 19.9 Å². The molecule has 0 unspecified atom stereocenters. The van der Waals surface area contributed by atoms with Gasteiger partial charge in [0.1, 0.15) is 5.75 Å². The van der Waals surface area contributed by atoms with Crippen molar-refractivity contribution >= 4 is 40.6 Å². The zero-order chi connectivity index (χ0) is 22.9. The molecule has 0 bridgehead atoms. The van der Waals surface area contributed by atoms with Crippen LogP contribution in [0.1, 0.15) is 0 Å². The van der Waals surface area contributed by atoms with Crippen molar-refractivity contribution in [3.8, 4) is 5.75 Å². The van der Waals surface area contributed by atoms with Gasteiger partial charge in [-0.05, 0) is 42.5 Å². The fourth-order valence-electron chi connectivity index (χ4n) is 3.88. The number of hydrogen-bond donors (Lipinski definition) is 1. The first-order valence-corrected chi connectivity index (χ1v) is 10.8. The Kier molecular flexibility index (Phi) is 6.60. The number of carbonyl (C=O) groups is 1. The number of halogens is 5. The second kappa shape index (κ2) is 9.25. The van der Waals surface area contributed by atoms with Crippen molar-refractivity contribution in [1.29, 1.82) is 0 Å². The Hall–Kier alpha value is -2.36. The average molecular weight is 489 g/mol. The highest BCUT2D eigenvalue weighted by Gasteiger charge is 2.36. The van der Waals surface area contributed by atoms with Gasteiger partial charge >= 0.3 is 12.4 Å². The van der Waals surface area contributed by atoms with Crippen molar-refractivity contribution in [3.05, 3.63) is 52.5 Å². The van der Waals surface area contributed by atoms with E-state index in [0.29, 0.717) is 28.8 Å². The molecule has 0 atom stereocenters. The molecule has 6 nitrogen and oxygen atoms in total. The lowest BCUT2D eigenvalue weighted by molar-refractivity contribution is -0.274. The number of benzene rings is 2. The molecule has 2 aliphatic heterocycles. The normalized spacial score (nSPS) is 17.8. The fourth-order valence-corrected chi connectivity index (χ4v) is 4.41. The number of carbonyl (C=O) groups excluding carboxylic acids is 1. The van der Waals surface area contributed by atoms with E-state index >= 15 is 0 Å². The first-order valence-electron chi connectivity index (χ1n) is 10.0. The van der Waals surface area contributed by atoms with E-state index in [-0.39, 0.29) is 17.8 Å². The second-order valence-electron chi connectivity index (χ2n) is 7.71. The number of amides is 2. The van der Waals surface area contributed by atoms with Gasteiger partial charge in [0.2, 0.25) is 0 Å². The van der Waals surface area contributed by atoms with Gasteiger partial charge in [0.05, 0.1) is 0 Å². The van der Waals surface area contributed by atoms with Gasteiger partial charge in [-0.15, -0.1) is 13.2 Å². The van der Waals surface area contributed by atoms with Gasteiger partial charge in [0.25, 0.3) is 0 Å². The number of hydrogen-bond acceptors (Lipinski definition) is 4. The minimum atomic E-state index is -4.69. The third-order valence-corrected chi connectivity index (χ3v) is 5.97. The smallest absolute Gasteiger partial charge is 0.406 e. The largest absolute Gasteiger partial charge is 0.573 e. The molecular formula is C21H21Cl2F3N4O2. The molecule has 172 valence electrons. The summed E-state index contributed by atoms with van der Waals surface area (Å²) in [7, 11) is 0. The Bertz CT molecular complexity index is 940. The SMILES string of the molecule is O=C(Nc1cc(Cl)cc(Cl)c1)N1CC(N2CCN(c3ccc(OC(F)(F)F)cc3)CC2)C1. The van der Waals surface area contributed by atoms with Crippen molar-refractivity contribution < 1.29 is 22.7 Å². The molecule has 2 saturated heterocycles. The van der Waals surface area contributed by atoms with Crippen LogP contribution in [0.15, 0.2) is 42.5 Å². The Balaban J connectivity index is 1.22. The van der Waals surface area contributed by atoms with Crippen LogP contribution >= 0.6 is 23.2 Å². The molecule has 2 aliphatic rings. The lowest BCUT2D eigenvalue weighted by Gasteiger charge is -2.48. The minimum Gasteiger partial charge on any atom is -0.406 e. The number of likely N-dealkylation sites (tertiary alicyclic amines) is 1. The van der Waals surface area contributed by atoms with E-state index in [1.165, 1.54) is 12.1 Å². The van der Waals surface area contributed by atoms with Gasteiger partial charge in [0.15, 0.2) is 0 Å². The number of anilines is 2. The molecule has 0 spiro atoms. The number of nitrogens with one attached hydrogen (secondary N) is 1. The summed E-state index contributed by atoms with van der Waals surface area (Å²) < 4.78 is 40.8. The maximum atomic E-state index is 12.4. The Morgan fingerprint density at radius 1 is 0.969 bits per heavy atom. The molecule has 0 aliphatic carbocycles. The monoisotopic (exact) mass is 488 g/mol. The van der Waals surface area contributed by atoms with E-state index < -0.39 is 6.36 Å². The summed E-state index contributed by atoms with van der Waals surface area (Å²) in [6.45, 7) is 4.38. The van der Waals surface area contributed by atoms with E-state index in [4.69, 9.17) is 23.2 Å². The van der Waals surface area contributed by atoms with Crippen LogP contribution in [-0.4, -0.2) is 67.5 Å². The summed E-state index contributed by atoms with van der Waals surface area (Å²) in [5.41, 5.74) is 1.41. The zero-order valence-corrected chi connectivity index (χ0v) is 18.4. The highest BCUT2D eigenvalue weighted by Crippen LogP contribution is 2.27. The summed E-state index contributed by atoms with van der Waals surface area (Å²) in [5.74, 6) is -0.229. The molecule has 2 aromatic rings. The topological polar surface area (TPSA) is 48.1 Å². The molecule has 4 rings (SSSR count). The molecular weight excluding hydrogens is 468 g/mol. The van der Waals surface area contributed by atoms with Gasteiger partial charge < -0.3 is 19.9 Å². The van der Waals surface area contributed by atoms with E-state index in [1.54, 1.807) is 35.2 Å². The number of piperazine rings is 1. The average Bonchev–Trinajstić information content (AvgIpc) is 2.66. The minimum absolute atomic E-state index is 0.195. The molecule has 0 radical (unpaired) electrons. The number of ether oxygens (including phenoxy) is 1. The van der Waals surface area contributed by atoms with Crippen molar-refractivity contribution in [2.45, 2.75) is 12.4 Å². The second-order valence-corrected chi connectivity index (χ2v) is 8.58. The molecule has 2 heterocycles. The molecule has 11 heteroatoms. The highest BCUT2D eigenvalue weighted by molar-refractivity contribution is 6.35. The maximum Gasteiger partial charge on any atom is 0.573 e. The molecule has 2 amide bonds. The molecule has 0 saturated carbocycles. The van der Waals surface area contributed by atoms with Crippen LogP contribution in [-0.2, 0) is 0 Å². The summed E-state index contributed by atoms with van der Waals surface area (Å²) in [4.78, 5) is 18.6. The fraction of sp³-hybridized carbons (Fsp3) is 0.381. The molecule has 32 heavy (non-hydrogen) atoms. The Morgan fingerprint density at radius 3 is 2.12 bits per heavy atom. The highest BCUT2D eigenvalue weighted by atomic mass is 35.5. The number of urea groups is 1. The van der Waals surface area contributed by atoms with Gasteiger partial charge in [-0.3, -0.25) is 4.90 Å². The Labute approximate surface area is 193 Å². The van der Waals surface area contributed by atoms with Crippen molar-refractivity contribution in [1.82, 2.24) is 9.80 Å². The maximum absolute atomic E-state index is 12.4. The number of nitrogens with zero attached hydrogens (tertiary/aromatic N) is 3. The lowest BCUT2D eigenvalue weighted by Crippen LogP contribution is -2.64. The van der Waals surface area contributed by atoms with Crippen molar-refractivity contribution in [3.63, 3.8) is 0 Å². The first kappa shape index (κ1) is 22.8. The van der Waals surface area contributed by atoms with Crippen LogP contribution in [0, 0.1) is 0 Å². The van der Waals surface area contributed by atoms with Gasteiger partial charge in [-0.2, -0.15) is 0 Å². The van der Waals surface area contributed by atoms with Crippen LogP contribution in [0.5, 0.6) is 5.75 Å². The molecule has 2 fully saturated rings. The van der Waals surface area contributed by atoms with Crippen LogP contribution in [0.2, 0.25) is 10.0 Å². The zero-order valence-electron chi connectivity index (χ0n) is 16.9. The third kappa shape index (κ3) is 5.70. The number of alkyl halides is 3. The number of rotatable bonds is 4. The van der Waals surface area contributed by atoms with Gasteiger partial charge in [0, 0.05) is 66.7 Å². The standard InChI is InChI=1S/C21H21Cl2F3N4O2/c22-14-9-15(23)11-16(10-14)27-20(31)30-12-18(13-30)29-7-5-28(6-8-29)17-1-3-19(4-2-17)32-21(24,25)26/h1-4,9-11,18H,5-8,12-13H2,(H,27,31). The Morgan fingerprint density at radius 2 is 1.56 bits per heavy atom. The third-order valence-electron chi connectivity index (χ3n) is 5.53. The van der Waals surface area contributed by atoms with Gasteiger partial charge in [-0.1, -0.05) is 23.2 Å². The van der Waals surface area contributed by atoms with Crippen LogP contribution in [0.3, 0.4) is 0 Å². The summed E-state index contributed by atoms with van der Waals surface area (Å²) in [6.07, 6.45) is -4.69. The molecule has 1 N–H and O–H groups in total. The van der Waals surface area contributed by atoms with Crippen molar-refractivity contribution in [2.24, 2.45) is 0 Å². The van der Waals surface area contributed by atoms with Crippen LogP contribution < -0.4 is 15.0 Å². The summed E-state index contributed by atoms with van der Waals surface area (Å²) in [6, 6.07) is 10.9. The van der Waals surface area contributed by atoms with Gasteiger partial charge in [-0.25, -0.2) is 4.79 Å². The predicted octanol–water partition coefficient (Wildman–Crippen LogP) is 4.93.